The second kappa shape index (κ2) is 5.87. The van der Waals surface area contributed by atoms with E-state index in [1.54, 1.807) is 6.07 Å². The highest BCUT2D eigenvalue weighted by molar-refractivity contribution is 6.31. The van der Waals surface area contributed by atoms with Gasteiger partial charge in [0.2, 0.25) is 0 Å². The molecule has 3 heteroatoms. The standard InChI is InChI=1S/C15H15ClFN/c1-2-11-3-6-14(7-4-11)18-10-12-9-13(17)5-8-15(12)16/h3-9,18H,2,10H2,1H3. The van der Waals surface area contributed by atoms with Gasteiger partial charge in [-0.2, -0.15) is 0 Å². The van der Waals surface area contributed by atoms with Gasteiger partial charge in [-0.1, -0.05) is 30.7 Å². The first-order chi connectivity index (χ1) is 8.69. The van der Waals surface area contributed by atoms with Crippen LogP contribution in [0.3, 0.4) is 0 Å². The summed E-state index contributed by atoms with van der Waals surface area (Å²) in [6.07, 6.45) is 1.02. The van der Waals surface area contributed by atoms with E-state index >= 15 is 0 Å². The molecule has 0 aliphatic rings. The molecule has 0 bridgehead atoms. The smallest absolute Gasteiger partial charge is 0.123 e. The number of benzene rings is 2. The molecule has 0 atom stereocenters. The van der Waals surface area contributed by atoms with Crippen LogP contribution in [0.2, 0.25) is 5.02 Å². The zero-order valence-electron chi connectivity index (χ0n) is 10.2. The van der Waals surface area contributed by atoms with Crippen LogP contribution in [-0.2, 0) is 13.0 Å². The first-order valence-electron chi connectivity index (χ1n) is 5.96. The van der Waals surface area contributed by atoms with Gasteiger partial charge in [0.25, 0.3) is 0 Å². The van der Waals surface area contributed by atoms with Crippen molar-refractivity contribution in [1.82, 2.24) is 0 Å². The van der Waals surface area contributed by atoms with Crippen molar-refractivity contribution in [3.63, 3.8) is 0 Å². The van der Waals surface area contributed by atoms with Crippen molar-refractivity contribution in [1.29, 1.82) is 0 Å². The Morgan fingerprint density at radius 1 is 1.11 bits per heavy atom. The Bertz CT molecular complexity index is 523. The van der Waals surface area contributed by atoms with Gasteiger partial charge in [-0.3, -0.25) is 0 Å². The molecule has 18 heavy (non-hydrogen) atoms. The van der Waals surface area contributed by atoms with Crippen LogP contribution in [0, 0.1) is 5.82 Å². The van der Waals surface area contributed by atoms with Crippen LogP contribution in [0.5, 0.6) is 0 Å². The van der Waals surface area contributed by atoms with Gasteiger partial charge in [0.15, 0.2) is 0 Å². The van der Waals surface area contributed by atoms with E-state index < -0.39 is 0 Å². The van der Waals surface area contributed by atoms with Gasteiger partial charge in [0, 0.05) is 17.3 Å². The van der Waals surface area contributed by atoms with Crippen LogP contribution in [-0.4, -0.2) is 0 Å². The van der Waals surface area contributed by atoms with Gasteiger partial charge in [0.05, 0.1) is 0 Å². The van der Waals surface area contributed by atoms with Crippen LogP contribution >= 0.6 is 11.6 Å². The highest BCUT2D eigenvalue weighted by Crippen LogP contribution is 2.19. The summed E-state index contributed by atoms with van der Waals surface area (Å²) >= 11 is 6.00. The normalized spacial score (nSPS) is 10.4. The van der Waals surface area contributed by atoms with E-state index in [0.717, 1.165) is 17.7 Å². The quantitative estimate of drug-likeness (QED) is 0.846. The molecule has 2 rings (SSSR count). The lowest BCUT2D eigenvalue weighted by molar-refractivity contribution is 0.626. The molecule has 0 radical (unpaired) electrons. The van der Waals surface area contributed by atoms with Crippen molar-refractivity contribution >= 4 is 17.3 Å². The predicted molar refractivity (Wildman–Crippen MR) is 74.6 cm³/mol. The number of anilines is 1. The van der Waals surface area contributed by atoms with Crippen LogP contribution in [0.1, 0.15) is 18.1 Å². The fourth-order valence-electron chi connectivity index (χ4n) is 1.73. The van der Waals surface area contributed by atoms with Gasteiger partial charge in [-0.15, -0.1) is 0 Å². The van der Waals surface area contributed by atoms with E-state index in [4.69, 9.17) is 11.6 Å². The summed E-state index contributed by atoms with van der Waals surface area (Å²) in [6.45, 7) is 2.64. The maximum Gasteiger partial charge on any atom is 0.123 e. The monoisotopic (exact) mass is 263 g/mol. The fourth-order valence-corrected chi connectivity index (χ4v) is 1.92. The Balaban J connectivity index is 2.04. The minimum Gasteiger partial charge on any atom is -0.381 e. The van der Waals surface area contributed by atoms with Crippen molar-refractivity contribution < 1.29 is 4.39 Å². The molecule has 0 aliphatic carbocycles. The first kappa shape index (κ1) is 12.9. The Kier molecular flexibility index (Phi) is 4.21. The molecule has 0 aliphatic heterocycles. The summed E-state index contributed by atoms with van der Waals surface area (Å²) in [4.78, 5) is 0. The van der Waals surface area contributed by atoms with Crippen molar-refractivity contribution in [3.05, 3.63) is 64.4 Å². The molecular weight excluding hydrogens is 249 g/mol. The molecule has 0 unspecified atom stereocenters. The van der Waals surface area contributed by atoms with Crippen LogP contribution in [0.4, 0.5) is 10.1 Å². The van der Waals surface area contributed by atoms with E-state index in [0.29, 0.717) is 11.6 Å². The summed E-state index contributed by atoms with van der Waals surface area (Å²) in [5.41, 5.74) is 3.06. The van der Waals surface area contributed by atoms with Crippen LogP contribution in [0.15, 0.2) is 42.5 Å². The highest BCUT2D eigenvalue weighted by Gasteiger charge is 2.02. The van der Waals surface area contributed by atoms with Gasteiger partial charge in [-0.25, -0.2) is 4.39 Å². The van der Waals surface area contributed by atoms with Crippen molar-refractivity contribution in [3.8, 4) is 0 Å². The molecule has 0 amide bonds. The number of nitrogens with one attached hydrogen (secondary N) is 1. The topological polar surface area (TPSA) is 12.0 Å². The van der Waals surface area contributed by atoms with Crippen molar-refractivity contribution in [2.24, 2.45) is 0 Å². The third-order valence-electron chi connectivity index (χ3n) is 2.85. The molecular formula is C15H15ClFN. The number of rotatable bonds is 4. The fraction of sp³-hybridized carbons (Fsp3) is 0.200. The summed E-state index contributed by atoms with van der Waals surface area (Å²) < 4.78 is 13.1. The zero-order chi connectivity index (χ0) is 13.0. The lowest BCUT2D eigenvalue weighted by Gasteiger charge is -2.08. The Morgan fingerprint density at radius 2 is 1.83 bits per heavy atom. The third kappa shape index (κ3) is 3.23. The van der Waals surface area contributed by atoms with E-state index in [1.807, 2.05) is 12.1 Å². The Hall–Kier alpha value is -1.54. The van der Waals surface area contributed by atoms with Crippen molar-refractivity contribution in [2.45, 2.75) is 19.9 Å². The molecule has 1 N–H and O–H groups in total. The molecule has 1 nitrogen and oxygen atoms in total. The lowest BCUT2D eigenvalue weighted by atomic mass is 10.1. The molecule has 0 heterocycles. The highest BCUT2D eigenvalue weighted by atomic mass is 35.5. The molecule has 2 aromatic carbocycles. The number of halogens is 2. The first-order valence-corrected chi connectivity index (χ1v) is 6.33. The maximum atomic E-state index is 13.1. The molecule has 94 valence electrons. The van der Waals surface area contributed by atoms with Crippen LogP contribution < -0.4 is 5.32 Å². The second-order valence-electron chi connectivity index (χ2n) is 4.14. The summed E-state index contributed by atoms with van der Waals surface area (Å²) in [7, 11) is 0. The lowest BCUT2D eigenvalue weighted by Crippen LogP contribution is -2.00. The number of aryl methyl sites for hydroxylation is 1. The van der Waals surface area contributed by atoms with Gasteiger partial charge < -0.3 is 5.32 Å². The summed E-state index contributed by atoms with van der Waals surface area (Å²) in [5.74, 6) is -0.266. The maximum absolute atomic E-state index is 13.1. The average Bonchev–Trinajstić information content (AvgIpc) is 2.40. The van der Waals surface area contributed by atoms with E-state index in [9.17, 15) is 4.39 Å². The molecule has 0 aromatic heterocycles. The summed E-state index contributed by atoms with van der Waals surface area (Å²) in [5, 5.41) is 3.81. The SMILES string of the molecule is CCc1ccc(NCc2cc(F)ccc2Cl)cc1. The average molecular weight is 264 g/mol. The van der Waals surface area contributed by atoms with Crippen molar-refractivity contribution in [2.75, 3.05) is 5.32 Å². The van der Waals surface area contributed by atoms with Gasteiger partial charge in [0.1, 0.15) is 5.82 Å². The van der Waals surface area contributed by atoms with E-state index in [-0.39, 0.29) is 5.82 Å². The number of hydrogen-bond donors (Lipinski definition) is 1. The zero-order valence-corrected chi connectivity index (χ0v) is 11.0. The molecule has 0 fully saturated rings. The minimum atomic E-state index is -0.266. The third-order valence-corrected chi connectivity index (χ3v) is 3.22. The Labute approximate surface area is 112 Å². The largest absolute Gasteiger partial charge is 0.381 e. The van der Waals surface area contributed by atoms with Gasteiger partial charge >= 0.3 is 0 Å². The van der Waals surface area contributed by atoms with Crippen LogP contribution in [0.25, 0.3) is 0 Å². The molecule has 2 aromatic rings. The van der Waals surface area contributed by atoms with E-state index in [1.165, 1.54) is 17.7 Å². The van der Waals surface area contributed by atoms with E-state index in [2.05, 4.69) is 24.4 Å². The predicted octanol–water partition coefficient (Wildman–Crippen LogP) is 4.65. The minimum absolute atomic E-state index is 0.266. The Morgan fingerprint density at radius 3 is 2.50 bits per heavy atom. The molecule has 0 spiro atoms. The molecule has 0 saturated carbocycles. The second-order valence-corrected chi connectivity index (χ2v) is 4.55. The van der Waals surface area contributed by atoms with Gasteiger partial charge in [-0.05, 0) is 47.9 Å². The number of hydrogen-bond acceptors (Lipinski definition) is 1. The summed E-state index contributed by atoms with van der Waals surface area (Å²) in [6, 6.07) is 12.6. The molecule has 0 saturated heterocycles.